The van der Waals surface area contributed by atoms with E-state index in [1.807, 2.05) is 54.6 Å². The molecule has 148 valence electrons. The second-order valence-corrected chi connectivity index (χ2v) is 6.77. The number of nitro groups is 1. The van der Waals surface area contributed by atoms with Crippen LogP contribution in [0.1, 0.15) is 16.7 Å². The maximum absolute atomic E-state index is 10.7. The van der Waals surface area contributed by atoms with Crippen molar-refractivity contribution in [2.24, 2.45) is 0 Å². The van der Waals surface area contributed by atoms with E-state index in [1.54, 1.807) is 12.1 Å². The third-order valence-corrected chi connectivity index (χ3v) is 4.51. The van der Waals surface area contributed by atoms with Crippen LogP contribution in [0.15, 0.2) is 78.9 Å². The summed E-state index contributed by atoms with van der Waals surface area (Å²) in [6.45, 7) is 1.61. The fraction of sp³-hybridized carbons (Fsp3) is 0.136. The highest BCUT2D eigenvalue weighted by molar-refractivity contribution is 7.80. The van der Waals surface area contributed by atoms with Gasteiger partial charge in [0, 0.05) is 24.4 Å². The van der Waals surface area contributed by atoms with Gasteiger partial charge in [-0.25, -0.2) is 0 Å². The second-order valence-electron chi connectivity index (χ2n) is 6.36. The molecule has 7 heteroatoms. The van der Waals surface area contributed by atoms with Crippen molar-refractivity contribution in [3.8, 4) is 0 Å². The average molecular weight is 407 g/mol. The number of ether oxygens (including phenoxy) is 1. The lowest BCUT2D eigenvalue weighted by molar-refractivity contribution is -0.384. The monoisotopic (exact) mass is 407 g/mol. The predicted octanol–water partition coefficient (Wildman–Crippen LogP) is 4.80. The van der Waals surface area contributed by atoms with Gasteiger partial charge in [-0.15, -0.1) is 0 Å². The average Bonchev–Trinajstić information content (AvgIpc) is 2.74. The third-order valence-electron chi connectivity index (χ3n) is 4.26. The number of hydrogen-bond acceptors (Lipinski definition) is 4. The van der Waals surface area contributed by atoms with E-state index in [9.17, 15) is 10.1 Å². The standard InChI is InChI=1S/C22H21N3O3S/c26-25(27)21-12-10-20(11-13-21)24-22(29)23-14-18-8-4-5-9-19(18)16-28-15-17-6-2-1-3-7-17/h1-13H,14-16H2,(H2,23,24,29). The Morgan fingerprint density at radius 2 is 1.55 bits per heavy atom. The summed E-state index contributed by atoms with van der Waals surface area (Å²) in [4.78, 5) is 10.3. The fourth-order valence-corrected chi connectivity index (χ4v) is 2.93. The molecule has 0 heterocycles. The number of nitrogens with zero attached hydrogens (tertiary/aromatic N) is 1. The van der Waals surface area contributed by atoms with Crippen LogP contribution in [0.25, 0.3) is 0 Å². The maximum Gasteiger partial charge on any atom is 0.269 e. The molecule has 0 saturated carbocycles. The summed E-state index contributed by atoms with van der Waals surface area (Å²) in [5, 5.41) is 17.4. The van der Waals surface area contributed by atoms with Gasteiger partial charge in [-0.05, 0) is 41.0 Å². The summed E-state index contributed by atoms with van der Waals surface area (Å²) in [6, 6.07) is 24.2. The van der Waals surface area contributed by atoms with Crippen molar-refractivity contribution in [3.63, 3.8) is 0 Å². The minimum absolute atomic E-state index is 0.0406. The van der Waals surface area contributed by atoms with Crippen molar-refractivity contribution in [1.29, 1.82) is 0 Å². The molecule has 0 saturated heterocycles. The van der Waals surface area contributed by atoms with Crippen molar-refractivity contribution in [2.75, 3.05) is 5.32 Å². The van der Waals surface area contributed by atoms with Gasteiger partial charge in [-0.1, -0.05) is 54.6 Å². The van der Waals surface area contributed by atoms with Gasteiger partial charge >= 0.3 is 0 Å². The van der Waals surface area contributed by atoms with Crippen LogP contribution >= 0.6 is 12.2 Å². The van der Waals surface area contributed by atoms with Gasteiger partial charge in [0.15, 0.2) is 5.11 Å². The third kappa shape index (κ3) is 6.38. The van der Waals surface area contributed by atoms with Gasteiger partial charge in [0.05, 0.1) is 18.1 Å². The number of non-ortho nitro benzene ring substituents is 1. The molecule has 0 atom stereocenters. The van der Waals surface area contributed by atoms with E-state index in [1.165, 1.54) is 12.1 Å². The minimum Gasteiger partial charge on any atom is -0.372 e. The Bertz CT molecular complexity index is 963. The number of nitrogens with one attached hydrogen (secondary N) is 2. The number of rotatable bonds is 8. The van der Waals surface area contributed by atoms with Crippen LogP contribution < -0.4 is 10.6 Å². The lowest BCUT2D eigenvalue weighted by Crippen LogP contribution is -2.28. The van der Waals surface area contributed by atoms with Crippen molar-refractivity contribution >= 4 is 28.7 Å². The van der Waals surface area contributed by atoms with E-state index in [2.05, 4.69) is 10.6 Å². The van der Waals surface area contributed by atoms with Gasteiger partial charge in [0.1, 0.15) is 0 Å². The molecule has 3 aromatic carbocycles. The number of benzene rings is 3. The molecule has 0 aliphatic carbocycles. The first-order chi connectivity index (χ1) is 14.1. The Balaban J connectivity index is 1.50. The first-order valence-electron chi connectivity index (χ1n) is 9.09. The molecule has 3 rings (SSSR count). The molecule has 0 aliphatic heterocycles. The Morgan fingerprint density at radius 3 is 2.24 bits per heavy atom. The molecular weight excluding hydrogens is 386 g/mol. The van der Waals surface area contributed by atoms with Gasteiger partial charge in [-0.2, -0.15) is 0 Å². The zero-order valence-corrected chi connectivity index (χ0v) is 16.5. The molecule has 6 nitrogen and oxygen atoms in total. The Kier molecular flexibility index (Phi) is 7.27. The highest BCUT2D eigenvalue weighted by Gasteiger charge is 2.06. The predicted molar refractivity (Wildman–Crippen MR) is 118 cm³/mol. The highest BCUT2D eigenvalue weighted by Crippen LogP contribution is 2.16. The fourth-order valence-electron chi connectivity index (χ4n) is 2.74. The Hall–Kier alpha value is -3.29. The van der Waals surface area contributed by atoms with Gasteiger partial charge < -0.3 is 15.4 Å². The number of hydrogen-bond donors (Lipinski definition) is 2. The van der Waals surface area contributed by atoms with Crippen molar-refractivity contribution in [1.82, 2.24) is 5.32 Å². The number of nitro benzene ring substituents is 1. The highest BCUT2D eigenvalue weighted by atomic mass is 32.1. The van der Waals surface area contributed by atoms with Crippen LogP contribution in [0.5, 0.6) is 0 Å². The summed E-state index contributed by atoms with van der Waals surface area (Å²) in [5.74, 6) is 0. The van der Waals surface area contributed by atoms with Crippen LogP contribution in [-0.4, -0.2) is 10.0 Å². The smallest absolute Gasteiger partial charge is 0.269 e. The molecule has 0 amide bonds. The first-order valence-corrected chi connectivity index (χ1v) is 9.50. The summed E-state index contributed by atoms with van der Waals surface area (Å²) in [7, 11) is 0. The molecule has 0 radical (unpaired) electrons. The van der Waals surface area contributed by atoms with E-state index >= 15 is 0 Å². The molecule has 0 bridgehead atoms. The van der Waals surface area contributed by atoms with Crippen LogP contribution in [0.3, 0.4) is 0 Å². The molecule has 0 fully saturated rings. The topological polar surface area (TPSA) is 76.4 Å². The lowest BCUT2D eigenvalue weighted by Gasteiger charge is -2.14. The van der Waals surface area contributed by atoms with E-state index in [-0.39, 0.29) is 5.69 Å². The van der Waals surface area contributed by atoms with Gasteiger partial charge in [0.25, 0.3) is 5.69 Å². The van der Waals surface area contributed by atoms with Gasteiger partial charge in [-0.3, -0.25) is 10.1 Å². The second kappa shape index (κ2) is 10.3. The van der Waals surface area contributed by atoms with Crippen molar-refractivity contribution in [3.05, 3.63) is 106 Å². The van der Waals surface area contributed by atoms with Crippen LogP contribution in [0.4, 0.5) is 11.4 Å². The van der Waals surface area contributed by atoms with Gasteiger partial charge in [0.2, 0.25) is 0 Å². The summed E-state index contributed by atoms with van der Waals surface area (Å²) in [5.41, 5.74) is 4.05. The SMILES string of the molecule is O=[N+]([O-])c1ccc(NC(=S)NCc2ccccc2COCc2ccccc2)cc1. The van der Waals surface area contributed by atoms with E-state index in [0.29, 0.717) is 30.6 Å². The molecule has 2 N–H and O–H groups in total. The molecule has 0 aliphatic rings. The first kappa shape index (κ1) is 20.4. The van der Waals surface area contributed by atoms with E-state index < -0.39 is 4.92 Å². The molecular formula is C22H21N3O3S. The minimum atomic E-state index is -0.433. The number of anilines is 1. The Morgan fingerprint density at radius 1 is 0.897 bits per heavy atom. The van der Waals surface area contributed by atoms with E-state index in [0.717, 1.165) is 16.7 Å². The van der Waals surface area contributed by atoms with Crippen LogP contribution in [-0.2, 0) is 24.5 Å². The molecule has 3 aromatic rings. The zero-order chi connectivity index (χ0) is 20.5. The summed E-state index contributed by atoms with van der Waals surface area (Å²) in [6.07, 6.45) is 0. The number of thiocarbonyl (C=S) groups is 1. The van der Waals surface area contributed by atoms with Crippen LogP contribution in [0.2, 0.25) is 0 Å². The van der Waals surface area contributed by atoms with E-state index in [4.69, 9.17) is 17.0 Å². The largest absolute Gasteiger partial charge is 0.372 e. The zero-order valence-electron chi connectivity index (χ0n) is 15.7. The summed E-state index contributed by atoms with van der Waals surface area (Å²) >= 11 is 5.33. The van der Waals surface area contributed by atoms with Crippen molar-refractivity contribution < 1.29 is 9.66 Å². The molecule has 0 aromatic heterocycles. The van der Waals surface area contributed by atoms with Crippen molar-refractivity contribution in [2.45, 2.75) is 19.8 Å². The normalized spacial score (nSPS) is 10.3. The maximum atomic E-state index is 10.7. The molecule has 0 spiro atoms. The molecule has 29 heavy (non-hydrogen) atoms. The molecule has 0 unspecified atom stereocenters. The Labute approximate surface area is 174 Å². The quantitative estimate of drug-likeness (QED) is 0.317. The lowest BCUT2D eigenvalue weighted by atomic mass is 10.1. The summed E-state index contributed by atoms with van der Waals surface area (Å²) < 4.78 is 5.85. The van der Waals surface area contributed by atoms with Crippen LogP contribution in [0, 0.1) is 10.1 Å².